The van der Waals surface area contributed by atoms with Gasteiger partial charge in [-0.2, -0.15) is 5.10 Å². The lowest BCUT2D eigenvalue weighted by molar-refractivity contribution is -0.144. The molecule has 8 nitrogen and oxygen atoms in total. The molecule has 0 fully saturated rings. The van der Waals surface area contributed by atoms with Gasteiger partial charge in [-0.3, -0.25) is 14.4 Å². The topological polar surface area (TPSA) is 96.7 Å². The molecular formula is C24H24N2O6. The molecule has 0 bridgehead atoms. The van der Waals surface area contributed by atoms with Crippen molar-refractivity contribution in [1.29, 1.82) is 0 Å². The number of ether oxygens (including phenoxy) is 3. The van der Waals surface area contributed by atoms with Gasteiger partial charge in [0.05, 0.1) is 32.1 Å². The fourth-order valence-corrected chi connectivity index (χ4v) is 3.32. The van der Waals surface area contributed by atoms with Gasteiger partial charge < -0.3 is 14.2 Å². The van der Waals surface area contributed by atoms with E-state index in [4.69, 9.17) is 14.2 Å². The molecule has 166 valence electrons. The van der Waals surface area contributed by atoms with Crippen molar-refractivity contribution in [2.75, 3.05) is 20.8 Å². The maximum Gasteiger partial charge on any atom is 0.327 e. The second kappa shape index (κ2) is 9.91. The van der Waals surface area contributed by atoms with Crippen molar-refractivity contribution in [2.45, 2.75) is 20.4 Å². The van der Waals surface area contributed by atoms with E-state index in [1.807, 2.05) is 0 Å². The Morgan fingerprint density at radius 2 is 1.44 bits per heavy atom. The van der Waals surface area contributed by atoms with Gasteiger partial charge in [0.2, 0.25) is 0 Å². The number of ketones is 1. The zero-order chi connectivity index (χ0) is 23.3. The smallest absolute Gasteiger partial charge is 0.327 e. The van der Waals surface area contributed by atoms with Crippen molar-refractivity contribution in [1.82, 2.24) is 9.78 Å². The summed E-state index contributed by atoms with van der Waals surface area (Å²) in [5.74, 6) is 0.226. The van der Waals surface area contributed by atoms with E-state index < -0.39 is 23.9 Å². The number of Topliss-reactive ketones (excluding diaryl/α,β-unsaturated/α-hetero) is 1. The minimum absolute atomic E-state index is 0.0553. The van der Waals surface area contributed by atoms with Gasteiger partial charge in [-0.25, -0.2) is 4.68 Å². The van der Waals surface area contributed by atoms with Crippen LogP contribution in [0.5, 0.6) is 11.5 Å². The molecule has 0 saturated heterocycles. The molecule has 0 aliphatic rings. The molecule has 3 aromatic rings. The summed E-state index contributed by atoms with van der Waals surface area (Å²) in [7, 11) is 3.11. The number of hydrogen-bond donors (Lipinski definition) is 0. The average Bonchev–Trinajstić information content (AvgIpc) is 2.80. The van der Waals surface area contributed by atoms with Gasteiger partial charge in [-0.1, -0.05) is 12.1 Å². The SMILES string of the molecule is CCOC(=O)Cn1nc(-c2ccc(OC)cc2)c(-c2ccc(OC)cc2)c(C(C)=O)c1=O. The number of carbonyl (C=O) groups excluding carboxylic acids is 2. The first-order chi connectivity index (χ1) is 15.4. The van der Waals surface area contributed by atoms with Gasteiger partial charge in [-0.05, 0) is 55.8 Å². The Hall–Kier alpha value is -3.94. The third kappa shape index (κ3) is 4.69. The number of hydrogen-bond acceptors (Lipinski definition) is 7. The fraction of sp³-hybridized carbons (Fsp3) is 0.250. The van der Waals surface area contributed by atoms with E-state index in [0.717, 1.165) is 4.68 Å². The Morgan fingerprint density at radius 1 is 0.906 bits per heavy atom. The minimum atomic E-state index is -0.659. The number of rotatable bonds is 8. The molecule has 0 N–H and O–H groups in total. The number of nitrogens with zero attached hydrogens (tertiary/aromatic N) is 2. The fourth-order valence-electron chi connectivity index (χ4n) is 3.32. The molecule has 0 atom stereocenters. The highest BCUT2D eigenvalue weighted by Crippen LogP contribution is 2.34. The predicted octanol–water partition coefficient (Wildman–Crippen LogP) is 3.36. The third-order valence-corrected chi connectivity index (χ3v) is 4.83. The Labute approximate surface area is 185 Å². The average molecular weight is 436 g/mol. The van der Waals surface area contributed by atoms with Gasteiger partial charge >= 0.3 is 5.97 Å². The van der Waals surface area contributed by atoms with Crippen LogP contribution in [-0.4, -0.2) is 42.4 Å². The number of carbonyl (C=O) groups is 2. The van der Waals surface area contributed by atoms with Crippen molar-refractivity contribution in [3.8, 4) is 33.9 Å². The van der Waals surface area contributed by atoms with E-state index in [1.54, 1.807) is 69.7 Å². The molecule has 32 heavy (non-hydrogen) atoms. The normalized spacial score (nSPS) is 10.5. The summed E-state index contributed by atoms with van der Waals surface area (Å²) in [5, 5.41) is 4.46. The molecule has 3 rings (SSSR count). The molecule has 0 spiro atoms. The molecule has 0 aliphatic heterocycles. The monoisotopic (exact) mass is 436 g/mol. The first-order valence-corrected chi connectivity index (χ1v) is 10.00. The van der Waals surface area contributed by atoms with Crippen LogP contribution in [0.4, 0.5) is 0 Å². The number of benzene rings is 2. The first-order valence-electron chi connectivity index (χ1n) is 10.00. The highest BCUT2D eigenvalue weighted by molar-refractivity contribution is 6.03. The molecule has 0 saturated carbocycles. The summed E-state index contributed by atoms with van der Waals surface area (Å²) in [6, 6.07) is 14.0. The predicted molar refractivity (Wildman–Crippen MR) is 119 cm³/mol. The van der Waals surface area contributed by atoms with E-state index >= 15 is 0 Å². The second-order valence-corrected chi connectivity index (χ2v) is 6.88. The summed E-state index contributed by atoms with van der Waals surface area (Å²) >= 11 is 0. The maximum atomic E-state index is 13.2. The molecule has 1 heterocycles. The van der Waals surface area contributed by atoms with Crippen LogP contribution in [0, 0.1) is 0 Å². The van der Waals surface area contributed by atoms with Crippen molar-refractivity contribution in [3.63, 3.8) is 0 Å². The molecular weight excluding hydrogens is 412 g/mol. The first kappa shape index (κ1) is 22.7. The van der Waals surface area contributed by atoms with Crippen LogP contribution in [0.25, 0.3) is 22.4 Å². The van der Waals surface area contributed by atoms with Crippen LogP contribution in [0.2, 0.25) is 0 Å². The van der Waals surface area contributed by atoms with Crippen LogP contribution >= 0.6 is 0 Å². The van der Waals surface area contributed by atoms with Gasteiger partial charge in [-0.15, -0.1) is 0 Å². The van der Waals surface area contributed by atoms with E-state index in [2.05, 4.69) is 5.10 Å². The Balaban J connectivity index is 2.32. The molecule has 2 aromatic carbocycles. The molecule has 0 unspecified atom stereocenters. The lowest BCUT2D eigenvalue weighted by Gasteiger charge is -2.16. The lowest BCUT2D eigenvalue weighted by Crippen LogP contribution is -2.32. The highest BCUT2D eigenvalue weighted by atomic mass is 16.5. The van der Waals surface area contributed by atoms with Gasteiger partial charge in [0.15, 0.2) is 5.78 Å². The summed E-state index contributed by atoms with van der Waals surface area (Å²) < 4.78 is 16.4. The van der Waals surface area contributed by atoms with Crippen molar-refractivity contribution in [2.24, 2.45) is 0 Å². The summed E-state index contributed by atoms with van der Waals surface area (Å²) in [6.07, 6.45) is 0. The lowest BCUT2D eigenvalue weighted by atomic mass is 9.94. The molecule has 1 aromatic heterocycles. The van der Waals surface area contributed by atoms with Crippen LogP contribution < -0.4 is 15.0 Å². The number of methoxy groups -OCH3 is 2. The van der Waals surface area contributed by atoms with Crippen LogP contribution in [0.1, 0.15) is 24.2 Å². The van der Waals surface area contributed by atoms with E-state index in [0.29, 0.717) is 33.9 Å². The summed E-state index contributed by atoms with van der Waals surface area (Å²) in [5.41, 5.74) is 1.32. The molecule has 0 amide bonds. The van der Waals surface area contributed by atoms with Crippen molar-refractivity contribution >= 4 is 11.8 Å². The Kier molecular flexibility index (Phi) is 7.04. The van der Waals surface area contributed by atoms with E-state index in [-0.39, 0.29) is 12.2 Å². The van der Waals surface area contributed by atoms with E-state index in [1.165, 1.54) is 6.92 Å². The number of esters is 1. The molecule has 0 aliphatic carbocycles. The quantitative estimate of drug-likeness (QED) is 0.395. The Morgan fingerprint density at radius 3 is 1.91 bits per heavy atom. The Bertz CT molecular complexity index is 1180. The second-order valence-electron chi connectivity index (χ2n) is 6.88. The van der Waals surface area contributed by atoms with Crippen LogP contribution in [-0.2, 0) is 16.1 Å². The summed E-state index contributed by atoms with van der Waals surface area (Å²) in [6.45, 7) is 2.75. The minimum Gasteiger partial charge on any atom is -0.497 e. The van der Waals surface area contributed by atoms with Crippen molar-refractivity contribution in [3.05, 3.63) is 64.4 Å². The van der Waals surface area contributed by atoms with Gasteiger partial charge in [0.25, 0.3) is 5.56 Å². The zero-order valence-corrected chi connectivity index (χ0v) is 18.4. The largest absolute Gasteiger partial charge is 0.497 e. The van der Waals surface area contributed by atoms with Crippen LogP contribution in [0.15, 0.2) is 53.3 Å². The van der Waals surface area contributed by atoms with Gasteiger partial charge in [0.1, 0.15) is 18.0 Å². The maximum absolute atomic E-state index is 13.2. The molecule has 8 heteroatoms. The highest BCUT2D eigenvalue weighted by Gasteiger charge is 2.24. The number of aromatic nitrogens is 2. The summed E-state index contributed by atoms with van der Waals surface area (Å²) in [4.78, 5) is 37.9. The third-order valence-electron chi connectivity index (χ3n) is 4.83. The van der Waals surface area contributed by atoms with E-state index in [9.17, 15) is 14.4 Å². The standard InChI is InChI=1S/C24H24N2O6/c1-5-32-20(28)14-26-24(29)21(15(2)27)22(16-6-10-18(30-3)11-7-16)23(25-26)17-8-12-19(31-4)13-9-17/h6-13H,5,14H2,1-4H3. The van der Waals surface area contributed by atoms with Gasteiger partial charge in [0, 0.05) is 11.1 Å². The molecule has 0 radical (unpaired) electrons. The zero-order valence-electron chi connectivity index (χ0n) is 18.4. The van der Waals surface area contributed by atoms with Crippen molar-refractivity contribution < 1.29 is 23.8 Å². The van der Waals surface area contributed by atoms with Crippen LogP contribution in [0.3, 0.4) is 0 Å².